The zero-order valence-electron chi connectivity index (χ0n) is 12.2. The predicted molar refractivity (Wildman–Crippen MR) is 77.9 cm³/mol. The molecule has 0 bridgehead atoms. The maximum Gasteiger partial charge on any atom is 0.178 e. The van der Waals surface area contributed by atoms with Gasteiger partial charge in [-0.05, 0) is 17.7 Å². The van der Waals surface area contributed by atoms with E-state index in [0.29, 0.717) is 5.65 Å². The van der Waals surface area contributed by atoms with Crippen molar-refractivity contribution in [1.29, 1.82) is 0 Å². The molecule has 2 heterocycles. The van der Waals surface area contributed by atoms with Crippen molar-refractivity contribution in [3.8, 4) is 0 Å². The number of hydrogen-bond acceptors (Lipinski definition) is 3. The molecule has 1 aromatic carbocycles. The van der Waals surface area contributed by atoms with Crippen molar-refractivity contribution >= 4 is 11.2 Å². The lowest BCUT2D eigenvalue weighted by Gasteiger charge is -2.02. The maximum atomic E-state index is 7.46. The smallest absolute Gasteiger partial charge is 0.178 e. The second-order valence-corrected chi connectivity index (χ2v) is 3.81. The number of rotatable bonds is 2. The van der Waals surface area contributed by atoms with Gasteiger partial charge >= 0.3 is 0 Å². The van der Waals surface area contributed by atoms with E-state index in [2.05, 4.69) is 27.1 Å². The van der Waals surface area contributed by atoms with Crippen molar-refractivity contribution in [2.45, 2.75) is 20.3 Å². The monoisotopic (exact) mass is 252 g/mol. The molecule has 19 heavy (non-hydrogen) atoms. The highest BCUT2D eigenvalue weighted by Crippen LogP contribution is 2.10. The molecule has 0 fully saturated rings. The highest BCUT2D eigenvalue weighted by Gasteiger charge is 2.00. The summed E-state index contributed by atoms with van der Waals surface area (Å²) in [7, 11) is 0. The summed E-state index contributed by atoms with van der Waals surface area (Å²) < 4.78 is 7.46. The van der Waals surface area contributed by atoms with Gasteiger partial charge in [-0.3, -0.25) is 4.98 Å². The molecule has 3 aromatic rings. The van der Waals surface area contributed by atoms with Crippen LogP contribution in [-0.2, 0) is 6.42 Å². The van der Waals surface area contributed by atoms with E-state index in [0.717, 1.165) is 17.6 Å². The summed E-state index contributed by atoms with van der Waals surface area (Å²) in [5.41, 5.74) is 3.41. The largest absolute Gasteiger partial charge is 0.251 e. The molecule has 0 aliphatic rings. The molecular weight excluding hydrogens is 234 g/mol. The van der Waals surface area contributed by atoms with Crippen LogP contribution in [-0.4, -0.2) is 15.0 Å². The van der Waals surface area contributed by atoms with E-state index in [1.165, 1.54) is 11.8 Å². The minimum absolute atomic E-state index is 0.145. The summed E-state index contributed by atoms with van der Waals surface area (Å²) in [6.07, 6.45) is 2.34. The minimum atomic E-state index is 0.145. The molecule has 0 saturated carbocycles. The number of pyridine rings is 1. The quantitative estimate of drug-likeness (QED) is 0.699. The Balaban J connectivity index is 0.000000704. The van der Waals surface area contributed by atoms with Crippen LogP contribution >= 0.6 is 0 Å². The van der Waals surface area contributed by atoms with Crippen LogP contribution in [0.15, 0.2) is 54.8 Å². The fourth-order valence-electron chi connectivity index (χ4n) is 1.76. The van der Waals surface area contributed by atoms with Crippen molar-refractivity contribution in [3.05, 3.63) is 66.1 Å². The fraction of sp³-hybridized carbons (Fsp3) is 0.188. The van der Waals surface area contributed by atoms with Gasteiger partial charge in [-0.2, -0.15) is 0 Å². The predicted octanol–water partition coefficient (Wildman–Crippen LogP) is 3.64. The van der Waals surface area contributed by atoms with E-state index in [-0.39, 0.29) is 6.17 Å². The van der Waals surface area contributed by atoms with Crippen molar-refractivity contribution in [2.24, 2.45) is 0 Å². The van der Waals surface area contributed by atoms with Gasteiger partial charge in [0.1, 0.15) is 5.52 Å². The van der Waals surface area contributed by atoms with Crippen LogP contribution in [0.3, 0.4) is 0 Å². The van der Waals surface area contributed by atoms with E-state index in [1.54, 1.807) is 0 Å². The second-order valence-electron chi connectivity index (χ2n) is 3.81. The van der Waals surface area contributed by atoms with E-state index in [9.17, 15) is 0 Å². The summed E-state index contributed by atoms with van der Waals surface area (Å²) in [6.45, 7) is 4.00. The molecule has 0 atom stereocenters. The molecule has 3 nitrogen and oxygen atoms in total. The van der Waals surface area contributed by atoms with Crippen LogP contribution in [0.25, 0.3) is 11.2 Å². The zero-order valence-corrected chi connectivity index (χ0v) is 11.2. The summed E-state index contributed by atoms with van der Waals surface area (Å²) in [5.74, 6) is 0. The molecule has 0 aliphatic heterocycles. The highest BCUT2D eigenvalue weighted by molar-refractivity contribution is 5.68. The number of fused-ring (bicyclic) bond motifs is 1. The van der Waals surface area contributed by atoms with E-state index < -0.39 is 0 Å². The molecule has 2 aromatic heterocycles. The van der Waals surface area contributed by atoms with Gasteiger partial charge in [0.05, 0.1) is 1.37 Å². The molecule has 0 radical (unpaired) electrons. The Morgan fingerprint density at radius 1 is 1.00 bits per heavy atom. The van der Waals surface area contributed by atoms with Gasteiger partial charge in [-0.15, -0.1) is 0 Å². The van der Waals surface area contributed by atoms with Crippen LogP contribution in [0.2, 0.25) is 0 Å². The van der Waals surface area contributed by atoms with E-state index >= 15 is 0 Å². The zero-order chi connectivity index (χ0) is 14.4. The fourth-order valence-corrected chi connectivity index (χ4v) is 1.76. The van der Waals surface area contributed by atoms with Gasteiger partial charge in [-0.1, -0.05) is 44.2 Å². The molecule has 0 unspecified atom stereocenters. The van der Waals surface area contributed by atoms with E-state index in [4.69, 9.17) is 1.37 Å². The van der Waals surface area contributed by atoms with Gasteiger partial charge in [-0.25, -0.2) is 9.97 Å². The SMILES string of the molecule is CC.[2H]c1cnc2ccc(Cc3ccccc3)nc2n1. The lowest BCUT2D eigenvalue weighted by molar-refractivity contribution is 1.08. The van der Waals surface area contributed by atoms with Crippen molar-refractivity contribution < 1.29 is 1.37 Å². The van der Waals surface area contributed by atoms with Crippen molar-refractivity contribution in [1.82, 2.24) is 15.0 Å². The van der Waals surface area contributed by atoms with Crippen molar-refractivity contribution in [2.75, 3.05) is 0 Å². The first kappa shape index (κ1) is 11.8. The second kappa shape index (κ2) is 6.59. The lowest BCUT2D eigenvalue weighted by atomic mass is 10.1. The topological polar surface area (TPSA) is 38.7 Å². The normalized spacial score (nSPS) is 10.5. The van der Waals surface area contributed by atoms with Crippen molar-refractivity contribution in [3.63, 3.8) is 0 Å². The van der Waals surface area contributed by atoms with Crippen LogP contribution in [0.1, 0.15) is 26.5 Å². The molecule has 96 valence electrons. The Morgan fingerprint density at radius 3 is 2.58 bits per heavy atom. The minimum Gasteiger partial charge on any atom is -0.251 e. The maximum absolute atomic E-state index is 7.46. The average Bonchev–Trinajstić information content (AvgIpc) is 2.50. The molecular formula is C16H17N3. The Hall–Kier alpha value is -2.29. The summed E-state index contributed by atoms with van der Waals surface area (Å²) in [4.78, 5) is 12.6. The molecule has 3 heteroatoms. The van der Waals surface area contributed by atoms with Crippen LogP contribution in [0, 0.1) is 0 Å². The molecule has 0 spiro atoms. The van der Waals surface area contributed by atoms with Gasteiger partial charge < -0.3 is 0 Å². The van der Waals surface area contributed by atoms with Crippen LogP contribution in [0.4, 0.5) is 0 Å². The van der Waals surface area contributed by atoms with Gasteiger partial charge in [0.15, 0.2) is 5.65 Å². The Labute approximate surface area is 114 Å². The highest BCUT2D eigenvalue weighted by atomic mass is 14.9. The first-order valence-corrected chi connectivity index (χ1v) is 6.44. The third kappa shape index (κ3) is 3.35. The molecule has 3 rings (SSSR count). The standard InChI is InChI=1S/C14H11N3.C2H6/c1-2-4-11(5-3-1)10-12-6-7-13-14(17-12)16-9-8-15-13;1-2/h1-9H,10H2;1-2H3/i9D;. The third-order valence-electron chi connectivity index (χ3n) is 2.57. The lowest BCUT2D eigenvalue weighted by Crippen LogP contribution is -1.94. The Morgan fingerprint density at radius 2 is 1.79 bits per heavy atom. The molecule has 0 saturated heterocycles. The Kier molecular flexibility index (Phi) is 4.09. The molecule has 0 N–H and O–H groups in total. The number of hydrogen-bond donors (Lipinski definition) is 0. The van der Waals surface area contributed by atoms with Gasteiger partial charge in [0.2, 0.25) is 0 Å². The Bertz CT molecular complexity index is 684. The molecule has 0 amide bonds. The summed E-state index contributed by atoms with van der Waals surface area (Å²) >= 11 is 0. The number of aromatic nitrogens is 3. The third-order valence-corrected chi connectivity index (χ3v) is 2.57. The van der Waals surface area contributed by atoms with Gasteiger partial charge in [0, 0.05) is 24.5 Å². The van der Waals surface area contributed by atoms with Crippen LogP contribution in [0.5, 0.6) is 0 Å². The molecule has 0 aliphatic carbocycles. The first-order valence-electron chi connectivity index (χ1n) is 6.94. The average molecular weight is 252 g/mol. The number of nitrogens with zero attached hydrogens (tertiary/aromatic N) is 3. The summed E-state index contributed by atoms with van der Waals surface area (Å²) in [5, 5.41) is 0. The summed E-state index contributed by atoms with van der Waals surface area (Å²) in [6, 6.07) is 14.0. The number of benzene rings is 1. The van der Waals surface area contributed by atoms with Crippen LogP contribution < -0.4 is 0 Å². The first-order chi connectivity index (χ1) is 9.81. The van der Waals surface area contributed by atoms with E-state index in [1.807, 2.05) is 44.2 Å². The van der Waals surface area contributed by atoms with Gasteiger partial charge in [0.25, 0.3) is 0 Å².